The monoisotopic (exact) mass is 498 g/mol. The Hall–Kier alpha value is -1.85. The number of thiophene rings is 1. The normalized spacial score (nSPS) is 15.3. The zero-order valence-electron chi connectivity index (χ0n) is 22.3. The van der Waals surface area contributed by atoms with Crippen molar-refractivity contribution in [2.24, 2.45) is 0 Å². The maximum atomic E-state index is 13.1. The van der Waals surface area contributed by atoms with Crippen LogP contribution in [-0.4, -0.2) is 48.1 Å². The summed E-state index contributed by atoms with van der Waals surface area (Å²) in [4.78, 5) is 19.2. The minimum atomic E-state index is -0.170. The fraction of sp³-hybridized carbons (Fsp3) is 0.633. The van der Waals surface area contributed by atoms with Crippen molar-refractivity contribution in [2.45, 2.75) is 97.4 Å². The molecule has 3 rings (SSSR count). The average Bonchev–Trinajstić information content (AvgIpc) is 3.39. The topological polar surface area (TPSA) is 32.8 Å². The predicted octanol–water partition coefficient (Wildman–Crippen LogP) is 7.74. The minimum absolute atomic E-state index is 0.170. The fourth-order valence-electron chi connectivity index (χ4n) is 5.19. The molecule has 0 fully saturated rings. The lowest BCUT2D eigenvalue weighted by molar-refractivity contribution is 0.149. The van der Waals surface area contributed by atoms with Gasteiger partial charge in [0.15, 0.2) is 0 Å². The molecule has 0 saturated heterocycles. The van der Waals surface area contributed by atoms with Crippen molar-refractivity contribution in [3.63, 3.8) is 0 Å². The van der Waals surface area contributed by atoms with E-state index in [1.165, 1.54) is 22.4 Å². The molecule has 35 heavy (non-hydrogen) atoms. The lowest BCUT2D eigenvalue weighted by atomic mass is 9.86. The molecule has 1 atom stereocenters. The summed E-state index contributed by atoms with van der Waals surface area (Å²) in [6.45, 7) is 10.5. The first kappa shape index (κ1) is 27.7. The van der Waals surface area contributed by atoms with Crippen molar-refractivity contribution < 1.29 is 9.53 Å². The van der Waals surface area contributed by atoms with Gasteiger partial charge < -0.3 is 9.64 Å². The van der Waals surface area contributed by atoms with Crippen molar-refractivity contribution in [3.05, 3.63) is 51.7 Å². The molecule has 1 aromatic heterocycles. The molecule has 1 unspecified atom stereocenters. The van der Waals surface area contributed by atoms with Crippen LogP contribution in [0.1, 0.15) is 88.1 Å². The molecule has 1 aromatic carbocycles. The maximum Gasteiger partial charge on any atom is 0.415 e. The van der Waals surface area contributed by atoms with Gasteiger partial charge in [-0.15, -0.1) is 11.3 Å². The molecule has 5 heteroatoms. The van der Waals surface area contributed by atoms with Gasteiger partial charge in [-0.1, -0.05) is 64.7 Å². The highest BCUT2D eigenvalue weighted by Crippen LogP contribution is 2.32. The fourth-order valence-corrected chi connectivity index (χ4v) is 5.89. The van der Waals surface area contributed by atoms with Gasteiger partial charge in [-0.25, -0.2) is 4.79 Å². The van der Waals surface area contributed by atoms with Crippen LogP contribution in [0.15, 0.2) is 35.7 Å². The first-order valence-corrected chi connectivity index (χ1v) is 14.9. The van der Waals surface area contributed by atoms with Crippen molar-refractivity contribution in [2.75, 3.05) is 26.2 Å². The number of hydrogen-bond acceptors (Lipinski definition) is 4. The van der Waals surface area contributed by atoms with Crippen LogP contribution in [0.2, 0.25) is 0 Å². The van der Waals surface area contributed by atoms with Crippen LogP contribution in [0.25, 0.3) is 0 Å². The number of carbonyl (C=O) groups excluding carboxylic acids is 1. The van der Waals surface area contributed by atoms with E-state index in [0.29, 0.717) is 6.04 Å². The zero-order chi connectivity index (χ0) is 24.9. The van der Waals surface area contributed by atoms with Gasteiger partial charge in [-0.2, -0.15) is 0 Å². The molecular weight excluding hydrogens is 452 g/mol. The van der Waals surface area contributed by atoms with Crippen LogP contribution in [0, 0.1) is 0 Å². The second kappa shape index (κ2) is 15.3. The summed E-state index contributed by atoms with van der Waals surface area (Å²) in [5.74, 6) is 0.780. The van der Waals surface area contributed by atoms with Crippen molar-refractivity contribution in [1.29, 1.82) is 0 Å². The van der Waals surface area contributed by atoms with Crippen LogP contribution in [0.4, 0.5) is 4.79 Å². The third kappa shape index (κ3) is 8.64. The highest BCUT2D eigenvalue weighted by molar-refractivity contribution is 7.09. The lowest BCUT2D eigenvalue weighted by Crippen LogP contribution is -2.41. The van der Waals surface area contributed by atoms with Crippen molar-refractivity contribution >= 4 is 17.4 Å². The predicted molar refractivity (Wildman–Crippen MR) is 149 cm³/mol. The molecule has 1 aliphatic rings. The number of benzene rings is 1. The summed E-state index contributed by atoms with van der Waals surface area (Å²) in [6.07, 6.45) is 12.0. The third-order valence-electron chi connectivity index (χ3n) is 7.18. The molecular formula is C30H46N2O2S. The van der Waals surface area contributed by atoms with Gasteiger partial charge in [0.2, 0.25) is 0 Å². The molecule has 1 aliphatic carbocycles. The van der Waals surface area contributed by atoms with E-state index in [-0.39, 0.29) is 6.09 Å². The van der Waals surface area contributed by atoms with E-state index in [0.717, 1.165) is 96.1 Å². The van der Waals surface area contributed by atoms with Gasteiger partial charge in [-0.3, -0.25) is 4.90 Å². The quantitative estimate of drug-likeness (QED) is 0.235. The van der Waals surface area contributed by atoms with Crippen LogP contribution >= 0.6 is 11.3 Å². The second-order valence-corrected chi connectivity index (χ2v) is 11.0. The average molecular weight is 499 g/mol. The maximum absolute atomic E-state index is 13.1. The molecule has 2 aromatic rings. The SMILES string of the molecule is CCCCCN(CCCCC)C(=O)Oc1cccc2c1CCC(N(CCC)CCc1cccs1)C2. The van der Waals surface area contributed by atoms with Crippen molar-refractivity contribution in [1.82, 2.24) is 9.80 Å². The van der Waals surface area contributed by atoms with Crippen molar-refractivity contribution in [3.8, 4) is 5.75 Å². The number of nitrogens with zero attached hydrogens (tertiary/aromatic N) is 2. The molecule has 4 nitrogen and oxygen atoms in total. The molecule has 0 radical (unpaired) electrons. The van der Waals surface area contributed by atoms with E-state index in [9.17, 15) is 4.79 Å². The Bertz CT molecular complexity index is 857. The first-order valence-electron chi connectivity index (χ1n) is 14.0. The number of carbonyl (C=O) groups is 1. The number of unbranched alkanes of at least 4 members (excludes halogenated alkanes) is 4. The van der Waals surface area contributed by atoms with Gasteiger partial charge in [0, 0.05) is 30.6 Å². The van der Waals surface area contributed by atoms with E-state index in [4.69, 9.17) is 4.74 Å². The third-order valence-corrected chi connectivity index (χ3v) is 8.12. The van der Waals surface area contributed by atoms with Gasteiger partial charge in [0.25, 0.3) is 0 Å². The minimum Gasteiger partial charge on any atom is -0.410 e. The summed E-state index contributed by atoms with van der Waals surface area (Å²) in [5.41, 5.74) is 2.60. The highest BCUT2D eigenvalue weighted by Gasteiger charge is 2.27. The lowest BCUT2D eigenvalue weighted by Gasteiger charge is -2.35. The molecule has 0 N–H and O–H groups in total. The second-order valence-electron chi connectivity index (χ2n) is 9.93. The Morgan fingerprint density at radius 2 is 1.71 bits per heavy atom. The Morgan fingerprint density at radius 3 is 2.37 bits per heavy atom. The van der Waals surface area contributed by atoms with Gasteiger partial charge >= 0.3 is 6.09 Å². The largest absolute Gasteiger partial charge is 0.415 e. The van der Waals surface area contributed by atoms with Gasteiger partial charge in [-0.05, 0) is 80.1 Å². The number of rotatable bonds is 15. The first-order chi connectivity index (χ1) is 17.2. The van der Waals surface area contributed by atoms with Crippen LogP contribution < -0.4 is 4.74 Å². The number of hydrogen-bond donors (Lipinski definition) is 0. The number of ether oxygens (including phenoxy) is 1. The number of amides is 1. The van der Waals surface area contributed by atoms with E-state index < -0.39 is 0 Å². The smallest absolute Gasteiger partial charge is 0.410 e. The summed E-state index contributed by atoms with van der Waals surface area (Å²) < 4.78 is 6.05. The highest BCUT2D eigenvalue weighted by atomic mass is 32.1. The molecule has 0 spiro atoms. The molecule has 1 amide bonds. The van der Waals surface area contributed by atoms with Crippen LogP contribution in [0.5, 0.6) is 5.75 Å². The zero-order valence-corrected chi connectivity index (χ0v) is 23.1. The molecule has 1 heterocycles. The summed E-state index contributed by atoms with van der Waals surface area (Å²) in [6, 6.07) is 11.3. The van der Waals surface area contributed by atoms with Crippen LogP contribution in [0.3, 0.4) is 0 Å². The Morgan fingerprint density at radius 1 is 0.943 bits per heavy atom. The molecule has 194 valence electrons. The Kier molecular flexibility index (Phi) is 12.1. The summed E-state index contributed by atoms with van der Waals surface area (Å²) >= 11 is 1.86. The van der Waals surface area contributed by atoms with Crippen LogP contribution in [-0.2, 0) is 19.3 Å². The van der Waals surface area contributed by atoms with E-state index >= 15 is 0 Å². The molecule has 0 bridgehead atoms. The van der Waals surface area contributed by atoms with Gasteiger partial charge in [0.05, 0.1) is 0 Å². The Balaban J connectivity index is 1.64. The van der Waals surface area contributed by atoms with E-state index in [1.807, 2.05) is 22.3 Å². The number of fused-ring (bicyclic) bond motifs is 1. The Labute approximate surface area is 217 Å². The molecule has 0 saturated carbocycles. The molecule has 0 aliphatic heterocycles. The van der Waals surface area contributed by atoms with E-state index in [2.05, 4.69) is 55.3 Å². The summed E-state index contributed by atoms with van der Waals surface area (Å²) in [7, 11) is 0. The summed E-state index contributed by atoms with van der Waals surface area (Å²) in [5, 5.41) is 2.17. The van der Waals surface area contributed by atoms with Gasteiger partial charge in [0.1, 0.15) is 5.75 Å². The standard InChI is InChI=1S/C30H46N2O2S/c1-4-7-9-20-32(21-10-8-5-2)30(33)34-29-15-11-13-25-24-26(16-17-28(25)29)31(19-6-3)22-18-27-14-12-23-35-27/h11-15,23,26H,4-10,16-22,24H2,1-3H3. The van der Waals surface area contributed by atoms with E-state index in [1.54, 1.807) is 0 Å².